The SMILES string of the molecule is CSCC[C@H](NC(=O)[C@H](CC(C)C)NC(=O)CNC(=O)[C@@H](N)CC(=O)OCc1ccccc1)C(=O)O. The van der Waals surface area contributed by atoms with E-state index in [9.17, 15) is 29.1 Å². The average molecular weight is 525 g/mol. The summed E-state index contributed by atoms with van der Waals surface area (Å²) in [5.41, 5.74) is 6.54. The molecule has 0 aromatic heterocycles. The van der Waals surface area contributed by atoms with E-state index < -0.39 is 54.3 Å². The molecule has 0 aliphatic heterocycles. The zero-order valence-corrected chi connectivity index (χ0v) is 21.6. The Balaban J connectivity index is 2.54. The third kappa shape index (κ3) is 12.5. The highest BCUT2D eigenvalue weighted by Crippen LogP contribution is 2.07. The molecule has 11 nitrogen and oxygen atoms in total. The van der Waals surface area contributed by atoms with E-state index in [1.165, 1.54) is 11.8 Å². The van der Waals surface area contributed by atoms with Crippen LogP contribution in [-0.2, 0) is 35.3 Å². The molecule has 3 amide bonds. The maximum atomic E-state index is 12.7. The Kier molecular flexibility index (Phi) is 14.2. The Morgan fingerprint density at radius 1 is 1.03 bits per heavy atom. The molecule has 0 aliphatic rings. The second-order valence-electron chi connectivity index (χ2n) is 8.61. The maximum absolute atomic E-state index is 12.7. The monoisotopic (exact) mass is 524 g/mol. The molecule has 0 saturated carbocycles. The van der Waals surface area contributed by atoms with Crippen molar-refractivity contribution in [2.45, 2.75) is 57.8 Å². The second kappa shape index (κ2) is 16.5. The second-order valence-corrected chi connectivity index (χ2v) is 9.59. The molecule has 0 bridgehead atoms. The van der Waals surface area contributed by atoms with Crippen molar-refractivity contribution < 1.29 is 33.8 Å². The van der Waals surface area contributed by atoms with Gasteiger partial charge in [0.1, 0.15) is 18.7 Å². The number of hydrogen-bond donors (Lipinski definition) is 5. The molecule has 200 valence electrons. The first-order valence-electron chi connectivity index (χ1n) is 11.6. The third-order valence-electron chi connectivity index (χ3n) is 4.97. The fourth-order valence-electron chi connectivity index (χ4n) is 3.08. The van der Waals surface area contributed by atoms with Gasteiger partial charge in [0.05, 0.1) is 19.0 Å². The summed E-state index contributed by atoms with van der Waals surface area (Å²) >= 11 is 1.46. The predicted octanol–water partition coefficient (Wildman–Crippen LogP) is 0.417. The predicted molar refractivity (Wildman–Crippen MR) is 136 cm³/mol. The minimum Gasteiger partial charge on any atom is -0.480 e. The van der Waals surface area contributed by atoms with Gasteiger partial charge in [-0.2, -0.15) is 11.8 Å². The van der Waals surface area contributed by atoms with Crippen LogP contribution in [0.5, 0.6) is 0 Å². The van der Waals surface area contributed by atoms with Crippen LogP contribution in [0.25, 0.3) is 0 Å². The van der Waals surface area contributed by atoms with Crippen molar-refractivity contribution in [3.63, 3.8) is 0 Å². The smallest absolute Gasteiger partial charge is 0.326 e. The molecule has 36 heavy (non-hydrogen) atoms. The van der Waals surface area contributed by atoms with Crippen LogP contribution in [0.1, 0.15) is 38.7 Å². The van der Waals surface area contributed by atoms with Crippen LogP contribution in [0.2, 0.25) is 0 Å². The van der Waals surface area contributed by atoms with Crippen LogP contribution in [-0.4, -0.2) is 71.4 Å². The molecule has 0 saturated heterocycles. The van der Waals surface area contributed by atoms with Crippen LogP contribution in [0.4, 0.5) is 0 Å². The van der Waals surface area contributed by atoms with Gasteiger partial charge in [-0.3, -0.25) is 19.2 Å². The van der Waals surface area contributed by atoms with E-state index in [-0.39, 0.29) is 31.8 Å². The fourth-order valence-corrected chi connectivity index (χ4v) is 3.55. The number of esters is 1. The summed E-state index contributed by atoms with van der Waals surface area (Å²) in [6.45, 7) is 3.29. The van der Waals surface area contributed by atoms with Gasteiger partial charge in [0, 0.05) is 0 Å². The van der Waals surface area contributed by atoms with Crippen molar-refractivity contribution in [1.29, 1.82) is 0 Å². The summed E-state index contributed by atoms with van der Waals surface area (Å²) in [6.07, 6.45) is 1.97. The number of nitrogens with two attached hydrogens (primary N) is 1. The van der Waals surface area contributed by atoms with Gasteiger partial charge >= 0.3 is 11.9 Å². The number of carbonyl (C=O) groups excluding carboxylic acids is 4. The van der Waals surface area contributed by atoms with E-state index in [2.05, 4.69) is 16.0 Å². The number of nitrogens with one attached hydrogen (secondary N) is 3. The lowest BCUT2D eigenvalue weighted by atomic mass is 10.0. The summed E-state index contributed by atoms with van der Waals surface area (Å²) in [5.74, 6) is -3.24. The summed E-state index contributed by atoms with van der Waals surface area (Å²) in [4.78, 5) is 60.6. The number of carboxylic acids is 1. The van der Waals surface area contributed by atoms with Crippen molar-refractivity contribution in [2.24, 2.45) is 11.7 Å². The molecule has 1 rings (SSSR count). The number of carbonyl (C=O) groups is 5. The van der Waals surface area contributed by atoms with E-state index >= 15 is 0 Å². The highest BCUT2D eigenvalue weighted by atomic mass is 32.2. The Hall–Kier alpha value is -3.12. The van der Waals surface area contributed by atoms with Gasteiger partial charge in [0.2, 0.25) is 17.7 Å². The minimum atomic E-state index is -1.22. The number of amides is 3. The number of carboxylic acid groups (broad SMARTS) is 1. The van der Waals surface area contributed by atoms with Crippen LogP contribution >= 0.6 is 11.8 Å². The van der Waals surface area contributed by atoms with Gasteiger partial charge in [-0.05, 0) is 36.3 Å². The number of thioether (sulfide) groups is 1. The van der Waals surface area contributed by atoms with Crippen molar-refractivity contribution in [1.82, 2.24) is 16.0 Å². The first-order valence-corrected chi connectivity index (χ1v) is 13.0. The molecule has 0 radical (unpaired) electrons. The average Bonchev–Trinajstić information content (AvgIpc) is 2.83. The van der Waals surface area contributed by atoms with E-state index in [0.717, 1.165) is 5.56 Å². The van der Waals surface area contributed by atoms with E-state index in [4.69, 9.17) is 10.5 Å². The highest BCUT2D eigenvalue weighted by molar-refractivity contribution is 7.98. The number of benzene rings is 1. The number of ether oxygens (including phenoxy) is 1. The van der Waals surface area contributed by atoms with E-state index in [0.29, 0.717) is 5.75 Å². The van der Waals surface area contributed by atoms with Crippen LogP contribution in [0, 0.1) is 5.92 Å². The molecule has 1 aromatic carbocycles. The topological polar surface area (TPSA) is 177 Å². The Labute approximate surface area is 215 Å². The maximum Gasteiger partial charge on any atom is 0.326 e. The molecular formula is C24H36N4O7S. The summed E-state index contributed by atoms with van der Waals surface area (Å²) < 4.78 is 5.10. The lowest BCUT2D eigenvalue weighted by molar-refractivity contribution is -0.146. The normalized spacial score (nSPS) is 13.2. The van der Waals surface area contributed by atoms with Crippen molar-refractivity contribution in [2.75, 3.05) is 18.6 Å². The van der Waals surface area contributed by atoms with Crippen molar-refractivity contribution in [3.8, 4) is 0 Å². The van der Waals surface area contributed by atoms with Gasteiger partial charge in [-0.25, -0.2) is 4.79 Å². The molecule has 3 atom stereocenters. The molecule has 0 heterocycles. The minimum absolute atomic E-state index is 0.0282. The lowest BCUT2D eigenvalue weighted by Crippen LogP contribution is -2.54. The number of hydrogen-bond acceptors (Lipinski definition) is 8. The van der Waals surface area contributed by atoms with Crippen LogP contribution in [0.3, 0.4) is 0 Å². The molecule has 0 fully saturated rings. The van der Waals surface area contributed by atoms with Gasteiger partial charge in [-0.1, -0.05) is 44.2 Å². The molecule has 12 heteroatoms. The van der Waals surface area contributed by atoms with Crippen LogP contribution < -0.4 is 21.7 Å². The molecule has 0 unspecified atom stereocenters. The quantitative estimate of drug-likeness (QED) is 0.192. The molecular weight excluding hydrogens is 488 g/mol. The number of rotatable bonds is 16. The first kappa shape index (κ1) is 30.9. The van der Waals surface area contributed by atoms with Crippen molar-refractivity contribution >= 4 is 41.4 Å². The Morgan fingerprint density at radius 3 is 2.28 bits per heavy atom. The standard InChI is InChI=1S/C24H36N4O7S/c1-15(2)11-19(23(32)28-18(24(33)34)9-10-36-3)27-20(29)13-26-22(31)17(25)12-21(30)35-14-16-7-5-4-6-8-16/h4-8,15,17-19H,9-14,25H2,1-3H3,(H,26,31)(H,27,29)(H,28,32)(H,33,34)/t17-,18-,19-/m0/s1. The summed E-state index contributed by atoms with van der Waals surface area (Å²) in [5, 5.41) is 16.7. The summed E-state index contributed by atoms with van der Waals surface area (Å²) in [7, 11) is 0. The lowest BCUT2D eigenvalue weighted by Gasteiger charge is -2.23. The zero-order chi connectivity index (χ0) is 27.1. The Morgan fingerprint density at radius 2 is 1.69 bits per heavy atom. The van der Waals surface area contributed by atoms with Crippen LogP contribution in [0.15, 0.2) is 30.3 Å². The first-order chi connectivity index (χ1) is 17.0. The van der Waals surface area contributed by atoms with E-state index in [1.54, 1.807) is 24.3 Å². The van der Waals surface area contributed by atoms with Gasteiger partial charge < -0.3 is 31.5 Å². The van der Waals surface area contributed by atoms with Gasteiger partial charge in [-0.15, -0.1) is 0 Å². The van der Waals surface area contributed by atoms with Gasteiger partial charge in [0.15, 0.2) is 0 Å². The van der Waals surface area contributed by atoms with Gasteiger partial charge in [0.25, 0.3) is 0 Å². The molecule has 0 spiro atoms. The molecule has 0 aliphatic carbocycles. The highest BCUT2D eigenvalue weighted by Gasteiger charge is 2.27. The number of aliphatic carboxylic acids is 1. The molecule has 1 aromatic rings. The van der Waals surface area contributed by atoms with E-state index in [1.807, 2.05) is 26.2 Å². The third-order valence-corrected chi connectivity index (χ3v) is 5.62. The zero-order valence-electron chi connectivity index (χ0n) is 20.8. The van der Waals surface area contributed by atoms with Crippen molar-refractivity contribution in [3.05, 3.63) is 35.9 Å². The largest absolute Gasteiger partial charge is 0.480 e. The summed E-state index contributed by atoms with van der Waals surface area (Å²) in [6, 6.07) is 5.75. The Bertz CT molecular complexity index is 882. The molecule has 6 N–H and O–H groups in total. The fraction of sp³-hybridized carbons (Fsp3) is 0.542.